The third kappa shape index (κ3) is 3.80. The van der Waals surface area contributed by atoms with Gasteiger partial charge in [-0.3, -0.25) is 4.90 Å². The lowest BCUT2D eigenvalue weighted by Crippen LogP contribution is -2.44. The van der Waals surface area contributed by atoms with Crippen LogP contribution in [0, 0.1) is 17.1 Å². The maximum atomic E-state index is 14.4. The largest absolute Gasteiger partial charge is 0.448 e. The van der Waals surface area contributed by atoms with Gasteiger partial charge in [0.05, 0.1) is 17.7 Å². The molecule has 2 atom stereocenters. The van der Waals surface area contributed by atoms with Gasteiger partial charge in [0, 0.05) is 12.0 Å². The number of halogens is 1. The number of nitriles is 1. The fourth-order valence-electron chi connectivity index (χ4n) is 6.01. The standard InChI is InChI=1S/C30H25FN2O2/c31-29-16-19(17-32)9-10-21(29)13-20-14-22-11-12-23(15-20)33(22)30(34)35-18-28-26-7-3-1-5-24(26)25-6-2-4-8-27(25)28/h1-10,14,16,22-23,28H,11-13,15,18H2. The van der Waals surface area contributed by atoms with E-state index in [1.807, 2.05) is 35.2 Å². The monoisotopic (exact) mass is 464 g/mol. The van der Waals surface area contributed by atoms with Crippen molar-refractivity contribution in [1.82, 2.24) is 4.90 Å². The Bertz CT molecular complexity index is 1340. The van der Waals surface area contributed by atoms with Gasteiger partial charge in [-0.25, -0.2) is 9.18 Å². The minimum absolute atomic E-state index is 0.0131. The summed E-state index contributed by atoms with van der Waals surface area (Å²) in [5.74, 6) is -0.310. The summed E-state index contributed by atoms with van der Waals surface area (Å²) in [5, 5.41) is 8.97. The van der Waals surface area contributed by atoms with Crippen molar-refractivity contribution in [2.24, 2.45) is 0 Å². The van der Waals surface area contributed by atoms with Gasteiger partial charge >= 0.3 is 6.09 Å². The topological polar surface area (TPSA) is 53.3 Å². The van der Waals surface area contributed by atoms with Crippen LogP contribution in [0.5, 0.6) is 0 Å². The number of fused-ring (bicyclic) bond motifs is 5. The molecule has 2 aliphatic heterocycles. The zero-order chi connectivity index (χ0) is 23.9. The minimum atomic E-state index is -0.351. The molecule has 35 heavy (non-hydrogen) atoms. The SMILES string of the molecule is N#Cc1ccc(CC2=CC3CCC(C2)N3C(=O)OCC2c3ccccc3-c3ccccc32)c(F)c1. The van der Waals surface area contributed by atoms with Crippen molar-refractivity contribution in [3.8, 4) is 17.2 Å². The molecule has 0 radical (unpaired) electrons. The number of ether oxygens (including phenoxy) is 1. The highest BCUT2D eigenvalue weighted by Crippen LogP contribution is 2.45. The first-order chi connectivity index (χ1) is 17.1. The van der Waals surface area contributed by atoms with Gasteiger partial charge in [0.25, 0.3) is 0 Å². The van der Waals surface area contributed by atoms with Gasteiger partial charge in [0.15, 0.2) is 0 Å². The minimum Gasteiger partial charge on any atom is -0.448 e. The van der Waals surface area contributed by atoms with E-state index in [1.54, 1.807) is 12.1 Å². The molecule has 1 amide bonds. The molecule has 6 rings (SSSR count). The molecule has 0 aromatic heterocycles. The fourth-order valence-corrected chi connectivity index (χ4v) is 6.01. The van der Waals surface area contributed by atoms with Crippen molar-refractivity contribution in [2.75, 3.05) is 6.61 Å². The van der Waals surface area contributed by atoms with Crippen molar-refractivity contribution in [3.63, 3.8) is 0 Å². The Morgan fingerprint density at radius 2 is 1.74 bits per heavy atom. The number of carbonyl (C=O) groups is 1. The van der Waals surface area contributed by atoms with Crippen molar-refractivity contribution in [1.29, 1.82) is 5.26 Å². The molecule has 0 N–H and O–H groups in total. The van der Waals surface area contributed by atoms with Crippen molar-refractivity contribution in [3.05, 3.63) is 106 Å². The van der Waals surface area contributed by atoms with Crippen LogP contribution in [0.25, 0.3) is 11.1 Å². The smallest absolute Gasteiger partial charge is 0.410 e. The van der Waals surface area contributed by atoms with E-state index in [1.165, 1.54) is 28.3 Å². The van der Waals surface area contributed by atoms with Crippen molar-refractivity contribution < 1.29 is 13.9 Å². The average Bonchev–Trinajstić information content (AvgIpc) is 3.35. The van der Waals surface area contributed by atoms with Gasteiger partial charge in [-0.2, -0.15) is 5.26 Å². The third-order valence-electron chi connectivity index (χ3n) is 7.62. The number of amides is 1. The van der Waals surface area contributed by atoms with Gasteiger partial charge < -0.3 is 4.74 Å². The lowest BCUT2D eigenvalue weighted by Gasteiger charge is -2.33. The first-order valence-electron chi connectivity index (χ1n) is 12.1. The molecule has 5 heteroatoms. The first kappa shape index (κ1) is 21.6. The lowest BCUT2D eigenvalue weighted by atomic mass is 9.94. The van der Waals surface area contributed by atoms with Crippen LogP contribution in [0.15, 0.2) is 78.4 Å². The first-order valence-corrected chi connectivity index (χ1v) is 12.1. The number of nitrogens with zero attached hydrogens (tertiary/aromatic N) is 2. The highest BCUT2D eigenvalue weighted by Gasteiger charge is 2.41. The molecule has 2 bridgehead atoms. The molecule has 1 fully saturated rings. The number of benzene rings is 3. The zero-order valence-corrected chi connectivity index (χ0v) is 19.3. The molecule has 174 valence electrons. The van der Waals surface area contributed by atoms with E-state index in [0.717, 1.165) is 24.8 Å². The predicted molar refractivity (Wildman–Crippen MR) is 131 cm³/mol. The van der Waals surface area contributed by atoms with Gasteiger partial charge in [0.1, 0.15) is 12.4 Å². The van der Waals surface area contributed by atoms with E-state index in [-0.39, 0.29) is 29.9 Å². The van der Waals surface area contributed by atoms with Gasteiger partial charge in [-0.1, -0.05) is 66.2 Å². The van der Waals surface area contributed by atoms with E-state index < -0.39 is 0 Å². The van der Waals surface area contributed by atoms with E-state index >= 15 is 0 Å². The fraction of sp³-hybridized carbons (Fsp3) is 0.267. The average molecular weight is 465 g/mol. The zero-order valence-electron chi connectivity index (χ0n) is 19.3. The number of rotatable bonds is 4. The quantitative estimate of drug-likeness (QED) is 0.423. The number of hydrogen-bond acceptors (Lipinski definition) is 3. The molecule has 3 aliphatic rings. The summed E-state index contributed by atoms with van der Waals surface area (Å²) < 4.78 is 20.3. The van der Waals surface area contributed by atoms with Gasteiger partial charge in [-0.15, -0.1) is 0 Å². The molecule has 4 nitrogen and oxygen atoms in total. The van der Waals surface area contributed by atoms with E-state index in [9.17, 15) is 9.18 Å². The Kier molecular flexibility index (Phi) is 5.37. The van der Waals surface area contributed by atoms with Crippen LogP contribution in [0.2, 0.25) is 0 Å². The maximum absolute atomic E-state index is 14.4. The normalized spacial score (nSPS) is 20.1. The molecule has 1 aliphatic carbocycles. The van der Waals surface area contributed by atoms with Crippen LogP contribution in [-0.2, 0) is 11.2 Å². The number of carbonyl (C=O) groups excluding carboxylic acids is 1. The van der Waals surface area contributed by atoms with E-state index in [2.05, 4.69) is 30.3 Å². The summed E-state index contributed by atoms with van der Waals surface area (Å²) in [6.45, 7) is 0.315. The Balaban J connectivity index is 1.16. The summed E-state index contributed by atoms with van der Waals surface area (Å²) in [6.07, 6.45) is 4.89. The molecular formula is C30H25FN2O2. The summed E-state index contributed by atoms with van der Waals surface area (Å²) in [4.78, 5) is 15.1. The second kappa shape index (κ2) is 8.70. The lowest BCUT2D eigenvalue weighted by molar-refractivity contribution is 0.0849. The molecule has 3 aromatic rings. The summed E-state index contributed by atoms with van der Waals surface area (Å²) in [7, 11) is 0. The molecule has 2 heterocycles. The van der Waals surface area contributed by atoms with E-state index in [0.29, 0.717) is 24.2 Å². The number of hydrogen-bond donors (Lipinski definition) is 0. The van der Waals surface area contributed by atoms with Crippen LogP contribution in [0.3, 0.4) is 0 Å². The second-order valence-electron chi connectivity index (χ2n) is 9.63. The molecule has 0 saturated carbocycles. The molecule has 2 unspecified atom stereocenters. The molecule has 0 spiro atoms. The van der Waals surface area contributed by atoms with E-state index in [4.69, 9.17) is 10.00 Å². The Hall–Kier alpha value is -3.91. The van der Waals surface area contributed by atoms with Crippen LogP contribution >= 0.6 is 0 Å². The summed E-state index contributed by atoms with van der Waals surface area (Å²) in [6, 6.07) is 23.3. The van der Waals surface area contributed by atoms with Crippen LogP contribution in [0.4, 0.5) is 9.18 Å². The van der Waals surface area contributed by atoms with Crippen molar-refractivity contribution in [2.45, 2.75) is 43.7 Å². The second-order valence-corrected chi connectivity index (χ2v) is 9.63. The maximum Gasteiger partial charge on any atom is 0.410 e. The Morgan fingerprint density at radius 3 is 2.40 bits per heavy atom. The molecule has 3 aromatic carbocycles. The van der Waals surface area contributed by atoms with Gasteiger partial charge in [0.2, 0.25) is 0 Å². The molecule has 1 saturated heterocycles. The van der Waals surface area contributed by atoms with Crippen molar-refractivity contribution >= 4 is 6.09 Å². The van der Waals surface area contributed by atoms with Crippen LogP contribution < -0.4 is 0 Å². The summed E-state index contributed by atoms with van der Waals surface area (Å²) >= 11 is 0. The molecular weight excluding hydrogens is 439 g/mol. The third-order valence-corrected chi connectivity index (χ3v) is 7.62. The van der Waals surface area contributed by atoms with Crippen LogP contribution in [-0.4, -0.2) is 29.7 Å². The highest BCUT2D eigenvalue weighted by atomic mass is 19.1. The Morgan fingerprint density at radius 1 is 1.03 bits per heavy atom. The highest BCUT2D eigenvalue weighted by molar-refractivity contribution is 5.79. The summed E-state index contributed by atoms with van der Waals surface area (Å²) in [5.41, 5.74) is 6.89. The van der Waals surface area contributed by atoms with Gasteiger partial charge in [-0.05, 0) is 65.6 Å². The van der Waals surface area contributed by atoms with Crippen LogP contribution in [0.1, 0.15) is 47.4 Å². The predicted octanol–water partition coefficient (Wildman–Crippen LogP) is 6.35. The Labute approximate surface area is 204 Å².